The van der Waals surface area contributed by atoms with E-state index in [2.05, 4.69) is 15.1 Å². The topological polar surface area (TPSA) is 123 Å². The van der Waals surface area contributed by atoms with E-state index in [-0.39, 0.29) is 30.0 Å². The summed E-state index contributed by atoms with van der Waals surface area (Å²) in [5, 5.41) is 2.35. The number of aryl methyl sites for hydroxylation is 1. The first-order valence-electron chi connectivity index (χ1n) is 13.6. The van der Waals surface area contributed by atoms with Gasteiger partial charge < -0.3 is 10.6 Å². The van der Waals surface area contributed by atoms with Gasteiger partial charge in [0.05, 0.1) is 11.0 Å². The van der Waals surface area contributed by atoms with Crippen LogP contribution in [0.15, 0.2) is 23.0 Å². The minimum absolute atomic E-state index is 0.151. The van der Waals surface area contributed by atoms with Crippen molar-refractivity contribution in [2.45, 2.75) is 75.5 Å². The molecule has 198 valence electrons. The first-order valence-corrected chi connectivity index (χ1v) is 13.6. The van der Waals surface area contributed by atoms with Gasteiger partial charge in [-0.25, -0.2) is 4.79 Å². The Kier molecular flexibility index (Phi) is 6.19. The van der Waals surface area contributed by atoms with Crippen molar-refractivity contribution in [3.8, 4) is 0 Å². The molecule has 3 unspecified atom stereocenters. The van der Waals surface area contributed by atoms with Crippen LogP contribution in [0.2, 0.25) is 0 Å². The van der Waals surface area contributed by atoms with Gasteiger partial charge in [-0.2, -0.15) is 0 Å². The van der Waals surface area contributed by atoms with Crippen LogP contribution in [0.5, 0.6) is 0 Å². The zero-order valence-corrected chi connectivity index (χ0v) is 21.4. The van der Waals surface area contributed by atoms with Crippen molar-refractivity contribution < 1.29 is 14.4 Å². The molecule has 0 radical (unpaired) electrons. The number of nitrogens with one attached hydrogen (secondary N) is 1. The lowest BCUT2D eigenvalue weighted by Crippen LogP contribution is -2.51. The van der Waals surface area contributed by atoms with Gasteiger partial charge in [-0.1, -0.05) is 6.07 Å². The Morgan fingerprint density at radius 1 is 1.03 bits per heavy atom. The number of fused-ring (bicyclic) bond motifs is 3. The van der Waals surface area contributed by atoms with E-state index in [1.165, 1.54) is 4.57 Å². The number of likely N-dealkylation sites (tertiary alicyclic amines) is 2. The molecule has 3 aliphatic heterocycles. The van der Waals surface area contributed by atoms with Crippen molar-refractivity contribution in [1.29, 1.82) is 0 Å². The molecule has 1 aromatic heterocycles. The second kappa shape index (κ2) is 9.40. The molecule has 1 saturated carbocycles. The van der Waals surface area contributed by atoms with E-state index in [9.17, 15) is 19.2 Å². The zero-order chi connectivity index (χ0) is 25.8. The van der Waals surface area contributed by atoms with Crippen molar-refractivity contribution in [2.24, 2.45) is 18.7 Å². The van der Waals surface area contributed by atoms with Crippen LogP contribution in [-0.4, -0.2) is 74.4 Å². The third-order valence-corrected chi connectivity index (χ3v) is 9.12. The summed E-state index contributed by atoms with van der Waals surface area (Å²) in [6.07, 6.45) is 6.23. The predicted octanol–water partition coefficient (Wildman–Crippen LogP) is 0.663. The molecule has 6 rings (SSSR count). The number of hydrogen-bond acceptors (Lipinski definition) is 6. The van der Waals surface area contributed by atoms with Gasteiger partial charge in [-0.3, -0.25) is 33.7 Å². The summed E-state index contributed by atoms with van der Waals surface area (Å²) in [4.78, 5) is 54.7. The quantitative estimate of drug-likeness (QED) is 0.573. The Morgan fingerprint density at radius 3 is 2.51 bits per heavy atom. The molecule has 10 nitrogen and oxygen atoms in total. The third kappa shape index (κ3) is 4.29. The highest BCUT2D eigenvalue weighted by molar-refractivity contribution is 6.00. The number of piperidine rings is 1. The molecule has 2 aromatic rings. The van der Waals surface area contributed by atoms with Crippen molar-refractivity contribution in [3.63, 3.8) is 0 Å². The number of nitrogens with zero attached hydrogens (tertiary/aromatic N) is 4. The van der Waals surface area contributed by atoms with Crippen LogP contribution in [0.1, 0.15) is 56.6 Å². The lowest BCUT2D eigenvalue weighted by molar-refractivity contribution is -0.139. The average Bonchev–Trinajstić information content (AvgIpc) is 3.55. The van der Waals surface area contributed by atoms with Crippen LogP contribution in [0.4, 0.5) is 0 Å². The summed E-state index contributed by atoms with van der Waals surface area (Å²) in [6.45, 7) is 2.67. The van der Waals surface area contributed by atoms with Crippen molar-refractivity contribution in [3.05, 3.63) is 34.2 Å². The molecule has 3 amide bonds. The fourth-order valence-electron chi connectivity index (χ4n) is 6.96. The molecule has 1 aromatic carbocycles. The van der Waals surface area contributed by atoms with Gasteiger partial charge in [0, 0.05) is 57.1 Å². The maximum absolute atomic E-state index is 13.1. The number of piperazine rings is 1. The maximum atomic E-state index is 13.1. The molecule has 37 heavy (non-hydrogen) atoms. The van der Waals surface area contributed by atoms with Crippen LogP contribution in [-0.2, 0) is 27.9 Å². The number of aromatic nitrogens is 2. The minimum atomic E-state index is -0.670. The minimum Gasteiger partial charge on any atom is -0.337 e. The lowest BCUT2D eigenvalue weighted by atomic mass is 9.85. The first-order chi connectivity index (χ1) is 17.8. The van der Waals surface area contributed by atoms with Gasteiger partial charge in [0.1, 0.15) is 6.04 Å². The number of amides is 3. The van der Waals surface area contributed by atoms with Crippen LogP contribution < -0.4 is 16.7 Å². The number of nitrogens with two attached hydrogens (primary N) is 1. The molecule has 4 heterocycles. The molecule has 4 fully saturated rings. The highest BCUT2D eigenvalue weighted by Crippen LogP contribution is 2.34. The van der Waals surface area contributed by atoms with Crippen LogP contribution in [0.25, 0.3) is 11.0 Å². The number of carbonyl (C=O) groups excluding carboxylic acids is 3. The Balaban J connectivity index is 1.10. The summed E-state index contributed by atoms with van der Waals surface area (Å²) < 4.78 is 3.11. The molecule has 3 saturated heterocycles. The fourth-order valence-corrected chi connectivity index (χ4v) is 6.96. The van der Waals surface area contributed by atoms with E-state index < -0.39 is 11.9 Å². The Hall–Kier alpha value is -2.98. The number of hydrogen-bond donors (Lipinski definition) is 2. The van der Waals surface area contributed by atoms with Gasteiger partial charge >= 0.3 is 5.69 Å². The number of benzene rings is 1. The smallest absolute Gasteiger partial charge is 0.329 e. The van der Waals surface area contributed by atoms with Crippen molar-refractivity contribution in [2.75, 3.05) is 19.6 Å². The molecule has 0 spiro atoms. The van der Waals surface area contributed by atoms with E-state index >= 15 is 0 Å². The first kappa shape index (κ1) is 24.4. The Bertz CT molecular complexity index is 1310. The van der Waals surface area contributed by atoms with Gasteiger partial charge in [0.15, 0.2) is 0 Å². The number of imide groups is 1. The molecular weight excluding hydrogens is 472 g/mol. The van der Waals surface area contributed by atoms with Crippen LogP contribution >= 0.6 is 0 Å². The van der Waals surface area contributed by atoms with E-state index in [4.69, 9.17) is 5.73 Å². The maximum Gasteiger partial charge on any atom is 0.329 e. The van der Waals surface area contributed by atoms with E-state index in [0.29, 0.717) is 29.9 Å². The third-order valence-electron chi connectivity index (χ3n) is 9.12. The average molecular weight is 509 g/mol. The highest BCUT2D eigenvalue weighted by atomic mass is 16.2. The lowest BCUT2D eigenvalue weighted by Gasteiger charge is -2.37. The van der Waals surface area contributed by atoms with E-state index in [1.54, 1.807) is 11.6 Å². The summed E-state index contributed by atoms with van der Waals surface area (Å²) in [5.74, 6) is -0.221. The van der Waals surface area contributed by atoms with E-state index in [0.717, 1.165) is 69.2 Å². The highest BCUT2D eigenvalue weighted by Gasteiger charge is 2.46. The number of imidazole rings is 1. The molecule has 3 atom stereocenters. The summed E-state index contributed by atoms with van der Waals surface area (Å²) in [5.41, 5.74) is 8.42. The Labute approximate surface area is 215 Å². The Morgan fingerprint density at radius 2 is 1.81 bits per heavy atom. The monoisotopic (exact) mass is 508 g/mol. The largest absolute Gasteiger partial charge is 0.337 e. The van der Waals surface area contributed by atoms with Crippen molar-refractivity contribution >= 4 is 28.8 Å². The SMILES string of the molecule is Cn1c(=O)n(C2CCC(=O)NC2=O)c2ccc(CCN3CC4CC3CN4C(=O)C3CCC(N)CC3)cc21. The summed E-state index contributed by atoms with van der Waals surface area (Å²) in [6, 6.07) is 6.31. The van der Waals surface area contributed by atoms with Crippen molar-refractivity contribution in [1.82, 2.24) is 24.3 Å². The molecule has 3 N–H and O–H groups in total. The van der Waals surface area contributed by atoms with Crippen LogP contribution in [0.3, 0.4) is 0 Å². The van der Waals surface area contributed by atoms with Gasteiger partial charge in [-0.05, 0) is 62.6 Å². The normalized spacial score (nSPS) is 30.3. The van der Waals surface area contributed by atoms with Gasteiger partial charge in [-0.15, -0.1) is 0 Å². The standard InChI is InChI=1S/C27H36N6O4/c1-30-23-12-16(2-7-21(23)33(27(30)37)22-8-9-24(34)29-25(22)35)10-11-31-14-20-13-19(31)15-32(20)26(36)17-3-5-18(28)6-4-17/h2,7,12,17-20,22H,3-6,8-11,13-15,28H2,1H3,(H,29,34,35). The number of rotatable bonds is 5. The van der Waals surface area contributed by atoms with Gasteiger partial charge in [0.25, 0.3) is 0 Å². The molecule has 2 bridgehead atoms. The zero-order valence-electron chi connectivity index (χ0n) is 21.4. The van der Waals surface area contributed by atoms with Gasteiger partial charge in [0.2, 0.25) is 17.7 Å². The molecule has 4 aliphatic rings. The summed E-state index contributed by atoms with van der Waals surface area (Å²) >= 11 is 0. The van der Waals surface area contributed by atoms with Crippen LogP contribution in [0, 0.1) is 5.92 Å². The molecule has 1 aliphatic carbocycles. The fraction of sp³-hybridized carbons (Fsp3) is 0.630. The summed E-state index contributed by atoms with van der Waals surface area (Å²) in [7, 11) is 1.72. The van der Waals surface area contributed by atoms with E-state index in [1.807, 2.05) is 18.2 Å². The predicted molar refractivity (Wildman–Crippen MR) is 138 cm³/mol. The molecule has 10 heteroatoms. The number of carbonyl (C=O) groups is 3. The second-order valence-corrected chi connectivity index (χ2v) is 11.4. The second-order valence-electron chi connectivity index (χ2n) is 11.4. The molecular formula is C27H36N6O4.